The predicted molar refractivity (Wildman–Crippen MR) is 88.3 cm³/mol. The molecule has 140 valence electrons. The Hall–Kier alpha value is -1.64. The Morgan fingerprint density at radius 2 is 2.24 bits per heavy atom. The molecule has 1 fully saturated rings. The molecule has 0 radical (unpaired) electrons. The first-order valence-electron chi connectivity index (χ1n) is 8.01. The van der Waals surface area contributed by atoms with Gasteiger partial charge in [-0.3, -0.25) is 9.59 Å². The second kappa shape index (κ2) is 8.64. The number of carbonyl (C=O) groups is 2. The number of nitrogens with one attached hydrogen (secondary N) is 1. The van der Waals surface area contributed by atoms with Gasteiger partial charge in [0, 0.05) is 13.1 Å². The van der Waals surface area contributed by atoms with Crippen LogP contribution in [0, 0.1) is 5.92 Å². The molecule has 1 aromatic rings. The molecule has 1 N–H and O–H groups in total. The quantitative estimate of drug-likeness (QED) is 0.827. The van der Waals surface area contributed by atoms with Crippen molar-refractivity contribution in [3.63, 3.8) is 0 Å². The van der Waals surface area contributed by atoms with Gasteiger partial charge in [-0.1, -0.05) is 0 Å². The van der Waals surface area contributed by atoms with Crippen molar-refractivity contribution in [1.82, 2.24) is 10.2 Å². The van der Waals surface area contributed by atoms with Crippen molar-refractivity contribution < 1.29 is 27.2 Å². The molecule has 1 aliphatic rings. The van der Waals surface area contributed by atoms with Crippen LogP contribution in [0.25, 0.3) is 0 Å². The molecule has 2 amide bonds. The molecule has 1 aromatic heterocycles. The Kier molecular flexibility index (Phi) is 6.80. The summed E-state index contributed by atoms with van der Waals surface area (Å²) in [5, 5.41) is 2.59. The van der Waals surface area contributed by atoms with E-state index in [-0.39, 0.29) is 25.3 Å². The molecule has 0 bridgehead atoms. The molecule has 0 unspecified atom stereocenters. The number of amides is 2. The minimum atomic E-state index is -4.31. The number of piperidine rings is 1. The highest BCUT2D eigenvalue weighted by molar-refractivity contribution is 7.98. The van der Waals surface area contributed by atoms with E-state index in [9.17, 15) is 22.8 Å². The van der Waals surface area contributed by atoms with Crippen molar-refractivity contribution >= 4 is 23.6 Å². The molecule has 5 nitrogen and oxygen atoms in total. The van der Waals surface area contributed by atoms with Crippen LogP contribution in [0.4, 0.5) is 13.2 Å². The van der Waals surface area contributed by atoms with Gasteiger partial charge >= 0.3 is 6.18 Å². The van der Waals surface area contributed by atoms with Gasteiger partial charge in [0.25, 0.3) is 5.91 Å². The summed E-state index contributed by atoms with van der Waals surface area (Å²) in [7, 11) is 0. The lowest BCUT2D eigenvalue weighted by Crippen LogP contribution is -2.53. The lowest BCUT2D eigenvalue weighted by atomic mass is 9.96. The second-order valence-electron chi connectivity index (χ2n) is 5.95. The number of halogens is 3. The van der Waals surface area contributed by atoms with E-state index in [1.165, 1.54) is 29.0 Å². The van der Waals surface area contributed by atoms with Gasteiger partial charge in [-0.25, -0.2) is 0 Å². The van der Waals surface area contributed by atoms with E-state index in [2.05, 4.69) is 5.32 Å². The maximum absolute atomic E-state index is 13.0. The van der Waals surface area contributed by atoms with Gasteiger partial charge in [-0.05, 0) is 43.4 Å². The highest BCUT2D eigenvalue weighted by atomic mass is 32.2. The van der Waals surface area contributed by atoms with Gasteiger partial charge in [0.15, 0.2) is 5.76 Å². The average Bonchev–Trinajstić information content (AvgIpc) is 3.12. The fourth-order valence-electron chi connectivity index (χ4n) is 2.80. The molecule has 2 heterocycles. The van der Waals surface area contributed by atoms with Gasteiger partial charge in [0.1, 0.15) is 6.04 Å². The molecule has 9 heteroatoms. The van der Waals surface area contributed by atoms with Crippen LogP contribution in [0.5, 0.6) is 0 Å². The largest absolute Gasteiger partial charge is 0.459 e. The van der Waals surface area contributed by atoms with Crippen LogP contribution in [0.15, 0.2) is 22.8 Å². The van der Waals surface area contributed by atoms with Gasteiger partial charge in [-0.15, -0.1) is 0 Å². The third kappa shape index (κ3) is 5.42. The molecule has 25 heavy (non-hydrogen) atoms. The minimum absolute atomic E-state index is 0.0293. The van der Waals surface area contributed by atoms with Gasteiger partial charge in [0.05, 0.1) is 12.2 Å². The summed E-state index contributed by atoms with van der Waals surface area (Å²) in [6, 6.07) is 2.15. The number of rotatable bonds is 6. The van der Waals surface area contributed by atoms with Gasteiger partial charge in [0.2, 0.25) is 5.91 Å². The smallest absolute Gasteiger partial charge is 0.393 e. The zero-order valence-electron chi connectivity index (χ0n) is 13.8. The number of likely N-dealkylation sites (tertiary alicyclic amines) is 1. The molecule has 0 spiro atoms. The Bertz CT molecular complexity index is 578. The fourth-order valence-corrected chi connectivity index (χ4v) is 3.27. The number of nitrogens with zero attached hydrogens (tertiary/aromatic N) is 1. The zero-order valence-corrected chi connectivity index (χ0v) is 14.7. The molecule has 2 rings (SSSR count). The van der Waals surface area contributed by atoms with Crippen molar-refractivity contribution in [3.8, 4) is 0 Å². The number of hydrogen-bond acceptors (Lipinski definition) is 4. The fraction of sp³-hybridized carbons (Fsp3) is 0.625. The number of hydrogen-bond donors (Lipinski definition) is 1. The average molecular weight is 378 g/mol. The molecule has 0 aliphatic carbocycles. The van der Waals surface area contributed by atoms with E-state index >= 15 is 0 Å². The molecule has 0 aromatic carbocycles. The van der Waals surface area contributed by atoms with Gasteiger partial charge < -0.3 is 14.6 Å². The lowest BCUT2D eigenvalue weighted by molar-refractivity contribution is -0.188. The van der Waals surface area contributed by atoms with Crippen LogP contribution >= 0.6 is 11.8 Å². The summed E-state index contributed by atoms with van der Waals surface area (Å²) in [5.41, 5.74) is 0. The first-order valence-corrected chi connectivity index (χ1v) is 9.41. The van der Waals surface area contributed by atoms with E-state index in [0.29, 0.717) is 18.6 Å². The Morgan fingerprint density at radius 1 is 1.48 bits per heavy atom. The van der Waals surface area contributed by atoms with Gasteiger partial charge in [-0.2, -0.15) is 24.9 Å². The zero-order chi connectivity index (χ0) is 18.4. The van der Waals surface area contributed by atoms with Crippen LogP contribution < -0.4 is 5.32 Å². The third-order valence-electron chi connectivity index (χ3n) is 4.16. The Labute approximate surface area is 148 Å². The van der Waals surface area contributed by atoms with Crippen LogP contribution in [0.3, 0.4) is 0 Å². The lowest BCUT2D eigenvalue weighted by Gasteiger charge is -2.35. The van der Waals surface area contributed by atoms with Crippen molar-refractivity contribution in [2.45, 2.75) is 31.5 Å². The van der Waals surface area contributed by atoms with E-state index in [0.717, 1.165) is 0 Å². The highest BCUT2D eigenvalue weighted by Crippen LogP contribution is 2.33. The molecule has 0 saturated carbocycles. The molecule has 1 aliphatic heterocycles. The first-order chi connectivity index (χ1) is 11.8. The van der Waals surface area contributed by atoms with Crippen molar-refractivity contribution in [2.24, 2.45) is 5.92 Å². The summed E-state index contributed by atoms with van der Waals surface area (Å²) < 4.78 is 43.9. The Balaban J connectivity index is 2.05. The molecule has 2 atom stereocenters. The normalized spacial score (nSPS) is 19.5. The van der Waals surface area contributed by atoms with Crippen molar-refractivity contribution in [1.29, 1.82) is 0 Å². The number of carbonyl (C=O) groups excluding carboxylic acids is 2. The summed E-state index contributed by atoms with van der Waals surface area (Å²) >= 11 is 1.50. The summed E-state index contributed by atoms with van der Waals surface area (Å²) in [6.45, 7) is -0.0769. The van der Waals surface area contributed by atoms with E-state index in [1.54, 1.807) is 6.07 Å². The predicted octanol–water partition coefficient (Wildman–Crippen LogP) is 2.93. The summed E-state index contributed by atoms with van der Waals surface area (Å²) in [5.74, 6) is -1.86. The van der Waals surface area contributed by atoms with E-state index < -0.39 is 30.0 Å². The molecular formula is C16H21F3N2O3S. The molecule has 1 saturated heterocycles. The van der Waals surface area contributed by atoms with Crippen molar-refractivity contribution in [3.05, 3.63) is 24.2 Å². The van der Waals surface area contributed by atoms with Crippen LogP contribution in [0.2, 0.25) is 0 Å². The van der Waals surface area contributed by atoms with E-state index in [1.807, 2.05) is 6.26 Å². The van der Waals surface area contributed by atoms with Crippen LogP contribution in [-0.4, -0.2) is 54.0 Å². The third-order valence-corrected chi connectivity index (χ3v) is 4.80. The first kappa shape index (κ1) is 19.7. The van der Waals surface area contributed by atoms with Crippen LogP contribution in [-0.2, 0) is 4.79 Å². The summed E-state index contributed by atoms with van der Waals surface area (Å²) in [4.78, 5) is 26.0. The maximum atomic E-state index is 13.0. The number of furan rings is 1. The standard InChI is InChI=1S/C16H21F3N2O3S/c1-25-9-6-12(20-14(22)13-5-3-8-24-13)15(23)21-7-2-4-11(10-21)16(17,18)19/h3,5,8,11-12H,2,4,6-7,9-10H2,1H3,(H,20,22)/t11-,12+/m1/s1. The second-order valence-corrected chi connectivity index (χ2v) is 6.94. The SMILES string of the molecule is CSCC[C@H](NC(=O)c1ccco1)C(=O)N1CCC[C@@H](C(F)(F)F)C1. The minimum Gasteiger partial charge on any atom is -0.459 e. The Morgan fingerprint density at radius 3 is 2.84 bits per heavy atom. The monoisotopic (exact) mass is 378 g/mol. The van der Waals surface area contributed by atoms with Crippen LogP contribution in [0.1, 0.15) is 29.8 Å². The molecular weight excluding hydrogens is 357 g/mol. The highest BCUT2D eigenvalue weighted by Gasteiger charge is 2.43. The topological polar surface area (TPSA) is 62.6 Å². The summed E-state index contributed by atoms with van der Waals surface area (Å²) in [6.07, 6.45) is -0.438. The van der Waals surface area contributed by atoms with E-state index in [4.69, 9.17) is 4.42 Å². The number of alkyl halides is 3. The van der Waals surface area contributed by atoms with Crippen molar-refractivity contribution in [2.75, 3.05) is 25.1 Å². The number of thioether (sulfide) groups is 1. The maximum Gasteiger partial charge on any atom is 0.393 e.